The lowest BCUT2D eigenvalue weighted by Gasteiger charge is -2.46. The summed E-state index contributed by atoms with van der Waals surface area (Å²) in [5.41, 5.74) is -2.83. The lowest BCUT2D eigenvalue weighted by atomic mass is 9.79. The third-order valence-electron chi connectivity index (χ3n) is 5.87. The second kappa shape index (κ2) is 10.4. The van der Waals surface area contributed by atoms with Crippen LogP contribution in [0.2, 0.25) is 10.0 Å². The second-order valence-corrected chi connectivity index (χ2v) is 12.8. The van der Waals surface area contributed by atoms with E-state index in [0.717, 1.165) is 4.90 Å². The fraction of sp³-hybridized carbons (Fsp3) is 0.565. The molecule has 0 bridgehead atoms. The minimum atomic E-state index is -4.18. The number of sulfone groups is 1. The number of β-amino-alcohol motifs (C(OH)–C–C–N with tert-alkyl or cyclic N) is 1. The summed E-state index contributed by atoms with van der Waals surface area (Å²) in [6.07, 6.45) is -0.791. The predicted octanol–water partition coefficient (Wildman–Crippen LogP) is 2.21. The molecule has 1 aromatic rings. The van der Waals surface area contributed by atoms with E-state index in [1.54, 1.807) is 26.8 Å². The molecule has 1 aromatic carbocycles. The van der Waals surface area contributed by atoms with Crippen LogP contribution in [0.3, 0.4) is 0 Å². The molecule has 1 fully saturated rings. The molecule has 3 atom stereocenters. The molecule has 1 saturated heterocycles. The fourth-order valence-corrected chi connectivity index (χ4v) is 7.13. The number of carbonyl (C=O) groups is 2. The van der Waals surface area contributed by atoms with Crippen molar-refractivity contribution in [3.63, 3.8) is 0 Å². The van der Waals surface area contributed by atoms with Gasteiger partial charge in [0.25, 0.3) is 0 Å². The van der Waals surface area contributed by atoms with Gasteiger partial charge >= 0.3 is 12.1 Å². The number of amides is 1. The standard InChI is InChI=1S/C23H30Cl2N2O8S/c1-13-16(20(29)34-10-9-28)17(14-6-5-7-15(24)18(14)25)19-23(31,26-13)12-27(8-11-36(19,32)33)21(30)35-22(2,3)4/h5-7,17,19,26,28,31H,8-12H2,1-4H3. The molecule has 200 valence electrons. The molecule has 0 radical (unpaired) electrons. The Morgan fingerprint density at radius 2 is 1.94 bits per heavy atom. The van der Waals surface area contributed by atoms with Crippen LogP contribution in [-0.2, 0) is 24.1 Å². The van der Waals surface area contributed by atoms with Crippen LogP contribution >= 0.6 is 23.2 Å². The summed E-state index contributed by atoms with van der Waals surface area (Å²) in [4.78, 5) is 27.0. The quantitative estimate of drug-likeness (QED) is 0.469. The molecule has 2 aliphatic heterocycles. The number of halogens is 2. The van der Waals surface area contributed by atoms with Crippen molar-refractivity contribution in [1.82, 2.24) is 10.2 Å². The molecule has 2 aliphatic rings. The first kappa shape index (κ1) is 28.5. The summed E-state index contributed by atoms with van der Waals surface area (Å²) >= 11 is 12.7. The van der Waals surface area contributed by atoms with Gasteiger partial charge in [-0.15, -0.1) is 0 Å². The number of nitrogens with one attached hydrogen (secondary N) is 1. The van der Waals surface area contributed by atoms with Crippen molar-refractivity contribution in [2.24, 2.45) is 0 Å². The number of benzene rings is 1. The average Bonchev–Trinajstić information content (AvgIpc) is 2.85. The summed E-state index contributed by atoms with van der Waals surface area (Å²) in [6.45, 7) is 5.04. The first-order valence-electron chi connectivity index (χ1n) is 11.2. The highest BCUT2D eigenvalue weighted by Crippen LogP contribution is 2.46. The number of nitrogens with zero attached hydrogens (tertiary/aromatic N) is 1. The van der Waals surface area contributed by atoms with E-state index in [2.05, 4.69) is 5.32 Å². The van der Waals surface area contributed by atoms with E-state index in [-0.39, 0.29) is 40.0 Å². The highest BCUT2D eigenvalue weighted by atomic mass is 35.5. The number of allylic oxidation sites excluding steroid dienone is 1. The van der Waals surface area contributed by atoms with E-state index in [0.29, 0.717) is 0 Å². The van der Waals surface area contributed by atoms with Crippen molar-refractivity contribution in [1.29, 1.82) is 0 Å². The van der Waals surface area contributed by atoms with Gasteiger partial charge < -0.3 is 29.9 Å². The molecular formula is C23H30Cl2N2O8S. The maximum absolute atomic E-state index is 13.7. The third kappa shape index (κ3) is 5.75. The van der Waals surface area contributed by atoms with E-state index in [4.69, 9.17) is 37.8 Å². The van der Waals surface area contributed by atoms with Crippen molar-refractivity contribution in [2.45, 2.75) is 50.2 Å². The van der Waals surface area contributed by atoms with Gasteiger partial charge in [0.2, 0.25) is 0 Å². The Kier molecular flexibility index (Phi) is 8.22. The van der Waals surface area contributed by atoms with Crippen molar-refractivity contribution in [2.75, 3.05) is 32.1 Å². The maximum Gasteiger partial charge on any atom is 0.410 e. The van der Waals surface area contributed by atoms with Crippen LogP contribution in [0.5, 0.6) is 0 Å². The van der Waals surface area contributed by atoms with Crippen molar-refractivity contribution in [3.05, 3.63) is 45.1 Å². The molecular weight excluding hydrogens is 535 g/mol. The zero-order valence-electron chi connectivity index (χ0n) is 20.4. The summed E-state index contributed by atoms with van der Waals surface area (Å²) in [7, 11) is -4.18. The number of carbonyl (C=O) groups excluding carboxylic acids is 2. The van der Waals surface area contributed by atoms with Gasteiger partial charge in [-0.05, 0) is 39.3 Å². The molecule has 0 aromatic heterocycles. The van der Waals surface area contributed by atoms with E-state index in [9.17, 15) is 23.1 Å². The Balaban J connectivity index is 2.22. The number of hydrogen-bond acceptors (Lipinski definition) is 9. The molecule has 3 rings (SSSR count). The topological polar surface area (TPSA) is 142 Å². The first-order chi connectivity index (χ1) is 16.6. The van der Waals surface area contributed by atoms with Gasteiger partial charge in [0.05, 0.1) is 34.5 Å². The SMILES string of the molecule is CC1=C(C(=O)OCCO)C(c2cccc(Cl)c2Cl)C2C(O)(CN(C(=O)OC(C)(C)C)CCS2(=O)=O)N1. The zero-order valence-corrected chi connectivity index (χ0v) is 22.7. The minimum Gasteiger partial charge on any atom is -0.460 e. The van der Waals surface area contributed by atoms with Crippen LogP contribution in [0, 0.1) is 0 Å². The number of ether oxygens (including phenoxy) is 2. The van der Waals surface area contributed by atoms with Crippen LogP contribution in [0.15, 0.2) is 29.5 Å². The Hall–Kier alpha value is -2.05. The Bertz CT molecular complexity index is 1180. The van der Waals surface area contributed by atoms with Gasteiger partial charge in [-0.1, -0.05) is 35.3 Å². The van der Waals surface area contributed by atoms with Crippen LogP contribution in [-0.4, -0.2) is 84.2 Å². The Morgan fingerprint density at radius 1 is 1.28 bits per heavy atom. The largest absolute Gasteiger partial charge is 0.460 e. The van der Waals surface area contributed by atoms with E-state index in [1.807, 2.05) is 0 Å². The summed E-state index contributed by atoms with van der Waals surface area (Å²) in [5.74, 6) is -2.69. The van der Waals surface area contributed by atoms with Crippen LogP contribution in [0.1, 0.15) is 39.2 Å². The zero-order chi connectivity index (χ0) is 27.1. The van der Waals surface area contributed by atoms with Gasteiger partial charge in [0.1, 0.15) is 17.5 Å². The lowest BCUT2D eigenvalue weighted by Crippen LogP contribution is -2.66. The third-order valence-corrected chi connectivity index (χ3v) is 8.89. The number of hydrogen-bond donors (Lipinski definition) is 3. The van der Waals surface area contributed by atoms with Gasteiger partial charge in [-0.3, -0.25) is 0 Å². The van der Waals surface area contributed by atoms with E-state index >= 15 is 0 Å². The van der Waals surface area contributed by atoms with Crippen LogP contribution in [0.4, 0.5) is 4.79 Å². The number of aliphatic hydroxyl groups is 2. The maximum atomic E-state index is 13.7. The number of fused-ring (bicyclic) bond motifs is 1. The number of rotatable bonds is 4. The van der Waals surface area contributed by atoms with Gasteiger partial charge in [0.15, 0.2) is 15.6 Å². The number of esters is 1. The molecule has 1 amide bonds. The minimum absolute atomic E-state index is 0.0112. The molecule has 0 spiro atoms. The van der Waals surface area contributed by atoms with Gasteiger partial charge in [-0.2, -0.15) is 0 Å². The molecule has 36 heavy (non-hydrogen) atoms. The molecule has 3 N–H and O–H groups in total. The molecule has 2 heterocycles. The lowest BCUT2D eigenvalue weighted by molar-refractivity contribution is -0.141. The van der Waals surface area contributed by atoms with Crippen molar-refractivity contribution >= 4 is 45.1 Å². The van der Waals surface area contributed by atoms with Gasteiger partial charge in [0, 0.05) is 18.2 Å². The summed E-state index contributed by atoms with van der Waals surface area (Å²) in [5, 5.41) is 22.2. The average molecular weight is 565 g/mol. The molecule has 10 nitrogen and oxygen atoms in total. The summed E-state index contributed by atoms with van der Waals surface area (Å²) in [6, 6.07) is 4.57. The smallest absolute Gasteiger partial charge is 0.410 e. The summed E-state index contributed by atoms with van der Waals surface area (Å²) < 4.78 is 37.9. The molecule has 3 unspecified atom stereocenters. The predicted molar refractivity (Wildman–Crippen MR) is 133 cm³/mol. The first-order valence-corrected chi connectivity index (χ1v) is 13.7. The van der Waals surface area contributed by atoms with Crippen molar-refractivity contribution in [3.8, 4) is 0 Å². The van der Waals surface area contributed by atoms with Crippen molar-refractivity contribution < 1.29 is 37.7 Å². The van der Waals surface area contributed by atoms with E-state index in [1.165, 1.54) is 19.1 Å². The van der Waals surface area contributed by atoms with Crippen LogP contribution in [0.25, 0.3) is 0 Å². The Morgan fingerprint density at radius 3 is 2.56 bits per heavy atom. The van der Waals surface area contributed by atoms with E-state index < -0.39 is 63.3 Å². The monoisotopic (exact) mass is 564 g/mol. The fourth-order valence-electron chi connectivity index (χ4n) is 4.55. The Labute approximate surface area is 220 Å². The highest BCUT2D eigenvalue weighted by molar-refractivity contribution is 7.92. The molecule has 0 aliphatic carbocycles. The number of aliphatic hydroxyl groups excluding tert-OH is 1. The highest BCUT2D eigenvalue weighted by Gasteiger charge is 2.58. The second-order valence-electron chi connectivity index (χ2n) is 9.76. The van der Waals surface area contributed by atoms with Crippen LogP contribution < -0.4 is 5.32 Å². The normalized spacial score (nSPS) is 25.9. The van der Waals surface area contributed by atoms with Gasteiger partial charge in [-0.25, -0.2) is 18.0 Å². The molecule has 0 saturated carbocycles. The molecule has 13 heteroatoms.